The molecule has 1 saturated carbocycles. The van der Waals surface area contributed by atoms with Crippen LogP contribution in [0.25, 0.3) is 0 Å². The van der Waals surface area contributed by atoms with Gasteiger partial charge in [-0.2, -0.15) is 0 Å². The lowest BCUT2D eigenvalue weighted by atomic mass is 9.68. The van der Waals surface area contributed by atoms with Gasteiger partial charge in [-0.15, -0.1) is 0 Å². The minimum atomic E-state index is 0.452. The van der Waals surface area contributed by atoms with Gasteiger partial charge in [0.15, 0.2) is 0 Å². The van der Waals surface area contributed by atoms with Crippen LogP contribution in [0.1, 0.15) is 46.5 Å². The Hall–Kier alpha value is -0.0400. The van der Waals surface area contributed by atoms with Crippen molar-refractivity contribution in [3.63, 3.8) is 0 Å². The monoisotopic (exact) mass is 169 g/mol. The van der Waals surface area contributed by atoms with Crippen LogP contribution < -0.4 is 5.73 Å². The maximum atomic E-state index is 5.80. The van der Waals surface area contributed by atoms with Gasteiger partial charge in [0.2, 0.25) is 0 Å². The SMILES string of the molecule is CC(C)[C@@H]1CCC[C@](C)(CN)C1. The van der Waals surface area contributed by atoms with Crippen molar-refractivity contribution in [1.82, 2.24) is 0 Å². The Morgan fingerprint density at radius 2 is 2.17 bits per heavy atom. The summed E-state index contributed by atoms with van der Waals surface area (Å²) in [6.45, 7) is 7.90. The second-order valence-corrected chi connectivity index (χ2v) is 5.12. The summed E-state index contributed by atoms with van der Waals surface area (Å²) < 4.78 is 0. The van der Waals surface area contributed by atoms with Crippen LogP contribution in [0.5, 0.6) is 0 Å². The summed E-state index contributed by atoms with van der Waals surface area (Å²) >= 11 is 0. The fourth-order valence-corrected chi connectivity index (χ4v) is 2.38. The van der Waals surface area contributed by atoms with Crippen LogP contribution >= 0.6 is 0 Å². The molecule has 0 aromatic rings. The van der Waals surface area contributed by atoms with E-state index in [0.717, 1.165) is 18.4 Å². The summed E-state index contributed by atoms with van der Waals surface area (Å²) in [4.78, 5) is 0. The molecule has 1 fully saturated rings. The number of rotatable bonds is 2. The quantitative estimate of drug-likeness (QED) is 0.676. The summed E-state index contributed by atoms with van der Waals surface area (Å²) in [5.41, 5.74) is 6.25. The molecule has 0 aromatic heterocycles. The Morgan fingerprint density at radius 1 is 1.50 bits per heavy atom. The van der Waals surface area contributed by atoms with E-state index in [0.29, 0.717) is 5.41 Å². The van der Waals surface area contributed by atoms with Crippen molar-refractivity contribution in [1.29, 1.82) is 0 Å². The molecule has 12 heavy (non-hydrogen) atoms. The van der Waals surface area contributed by atoms with Crippen LogP contribution in [0.3, 0.4) is 0 Å². The van der Waals surface area contributed by atoms with Gasteiger partial charge in [0.05, 0.1) is 0 Å². The molecule has 1 nitrogen and oxygen atoms in total. The van der Waals surface area contributed by atoms with E-state index in [2.05, 4.69) is 20.8 Å². The third kappa shape index (κ3) is 2.22. The summed E-state index contributed by atoms with van der Waals surface area (Å²) in [5.74, 6) is 1.77. The largest absolute Gasteiger partial charge is 0.330 e. The first-order valence-corrected chi connectivity index (χ1v) is 5.27. The van der Waals surface area contributed by atoms with Crippen molar-refractivity contribution >= 4 is 0 Å². The smallest absolute Gasteiger partial charge is 0.00231 e. The van der Waals surface area contributed by atoms with Gasteiger partial charge < -0.3 is 5.73 Å². The normalized spacial score (nSPS) is 37.2. The first kappa shape index (κ1) is 10.0. The molecular weight excluding hydrogens is 146 g/mol. The third-order valence-corrected chi connectivity index (χ3v) is 3.55. The molecule has 0 unspecified atom stereocenters. The lowest BCUT2D eigenvalue weighted by Gasteiger charge is -2.39. The van der Waals surface area contributed by atoms with Crippen LogP contribution in [-0.4, -0.2) is 6.54 Å². The number of hydrogen-bond acceptors (Lipinski definition) is 1. The highest BCUT2D eigenvalue weighted by Gasteiger charge is 2.31. The van der Waals surface area contributed by atoms with Gasteiger partial charge in [0.1, 0.15) is 0 Å². The fourth-order valence-electron chi connectivity index (χ4n) is 2.38. The maximum absolute atomic E-state index is 5.80. The van der Waals surface area contributed by atoms with Gasteiger partial charge in [-0.25, -0.2) is 0 Å². The van der Waals surface area contributed by atoms with Gasteiger partial charge in [-0.3, -0.25) is 0 Å². The second kappa shape index (κ2) is 3.78. The van der Waals surface area contributed by atoms with Gasteiger partial charge in [-0.1, -0.05) is 33.6 Å². The molecule has 72 valence electrons. The van der Waals surface area contributed by atoms with Crippen LogP contribution in [0.4, 0.5) is 0 Å². The molecule has 0 radical (unpaired) electrons. The summed E-state index contributed by atoms with van der Waals surface area (Å²) in [6, 6.07) is 0. The summed E-state index contributed by atoms with van der Waals surface area (Å²) in [6.07, 6.45) is 5.50. The minimum Gasteiger partial charge on any atom is -0.330 e. The molecule has 2 atom stereocenters. The molecule has 0 amide bonds. The molecule has 0 heterocycles. The summed E-state index contributed by atoms with van der Waals surface area (Å²) in [5, 5.41) is 0. The van der Waals surface area contributed by atoms with Gasteiger partial charge in [0.25, 0.3) is 0 Å². The predicted octanol–water partition coefficient (Wildman–Crippen LogP) is 2.80. The van der Waals surface area contributed by atoms with E-state index < -0.39 is 0 Å². The predicted molar refractivity (Wildman–Crippen MR) is 54.0 cm³/mol. The van der Waals surface area contributed by atoms with E-state index in [4.69, 9.17) is 5.73 Å². The molecule has 0 aromatic carbocycles. The van der Waals surface area contributed by atoms with E-state index in [-0.39, 0.29) is 0 Å². The average Bonchev–Trinajstić information content (AvgIpc) is 2.05. The first-order valence-electron chi connectivity index (χ1n) is 5.27. The van der Waals surface area contributed by atoms with Crippen molar-refractivity contribution in [2.45, 2.75) is 46.5 Å². The zero-order valence-corrected chi connectivity index (χ0v) is 8.77. The van der Waals surface area contributed by atoms with Crippen molar-refractivity contribution < 1.29 is 0 Å². The maximum Gasteiger partial charge on any atom is -0.00231 e. The Kier molecular flexibility index (Phi) is 3.16. The van der Waals surface area contributed by atoms with Crippen LogP contribution in [0.15, 0.2) is 0 Å². The number of hydrogen-bond donors (Lipinski definition) is 1. The van der Waals surface area contributed by atoms with Crippen LogP contribution in [-0.2, 0) is 0 Å². The fraction of sp³-hybridized carbons (Fsp3) is 1.00. The molecule has 1 aliphatic carbocycles. The Bertz CT molecular complexity index is 142. The third-order valence-electron chi connectivity index (χ3n) is 3.55. The van der Waals surface area contributed by atoms with Gasteiger partial charge in [-0.05, 0) is 36.6 Å². The molecule has 1 aliphatic rings. The second-order valence-electron chi connectivity index (χ2n) is 5.12. The molecular formula is C11H23N. The van der Waals surface area contributed by atoms with E-state index in [1.54, 1.807) is 0 Å². The van der Waals surface area contributed by atoms with Crippen molar-refractivity contribution in [2.75, 3.05) is 6.54 Å². The highest BCUT2D eigenvalue weighted by Crippen LogP contribution is 2.40. The Morgan fingerprint density at radius 3 is 2.67 bits per heavy atom. The van der Waals surface area contributed by atoms with E-state index >= 15 is 0 Å². The van der Waals surface area contributed by atoms with E-state index in [1.165, 1.54) is 25.7 Å². The van der Waals surface area contributed by atoms with Crippen molar-refractivity contribution in [3.8, 4) is 0 Å². The summed E-state index contributed by atoms with van der Waals surface area (Å²) in [7, 11) is 0. The minimum absolute atomic E-state index is 0.452. The van der Waals surface area contributed by atoms with E-state index in [9.17, 15) is 0 Å². The Labute approximate surface area is 76.7 Å². The van der Waals surface area contributed by atoms with Gasteiger partial charge in [0, 0.05) is 0 Å². The van der Waals surface area contributed by atoms with Crippen LogP contribution in [0.2, 0.25) is 0 Å². The molecule has 0 spiro atoms. The van der Waals surface area contributed by atoms with Crippen molar-refractivity contribution in [2.24, 2.45) is 23.0 Å². The lowest BCUT2D eigenvalue weighted by Crippen LogP contribution is -2.34. The molecule has 1 rings (SSSR count). The molecule has 1 heteroatoms. The molecule has 2 N–H and O–H groups in total. The molecule has 0 bridgehead atoms. The molecule has 0 aliphatic heterocycles. The van der Waals surface area contributed by atoms with Crippen molar-refractivity contribution in [3.05, 3.63) is 0 Å². The number of nitrogens with two attached hydrogens (primary N) is 1. The standard InChI is InChI=1S/C11H23N/c1-9(2)10-5-4-6-11(3,7-10)8-12/h9-10H,4-8,12H2,1-3H3/t10-,11+/m1/s1. The highest BCUT2D eigenvalue weighted by molar-refractivity contribution is 4.84. The van der Waals surface area contributed by atoms with Crippen LogP contribution in [0, 0.1) is 17.3 Å². The average molecular weight is 169 g/mol. The van der Waals surface area contributed by atoms with Gasteiger partial charge >= 0.3 is 0 Å². The highest BCUT2D eigenvalue weighted by atomic mass is 14.6. The lowest BCUT2D eigenvalue weighted by molar-refractivity contribution is 0.136. The topological polar surface area (TPSA) is 26.0 Å². The zero-order valence-electron chi connectivity index (χ0n) is 8.77. The Balaban J connectivity index is 2.51. The molecule has 0 saturated heterocycles. The first-order chi connectivity index (χ1) is 5.57. The van der Waals surface area contributed by atoms with E-state index in [1.807, 2.05) is 0 Å². The zero-order chi connectivity index (χ0) is 9.19.